The summed E-state index contributed by atoms with van der Waals surface area (Å²) in [5, 5.41) is 3.03. The number of carbonyl (C=O) groups is 1. The maximum atomic E-state index is 13.0. The van der Waals surface area contributed by atoms with Gasteiger partial charge in [-0.3, -0.25) is 9.36 Å². The lowest BCUT2D eigenvalue weighted by Gasteiger charge is -2.24. The number of rotatable bonds is 12. The highest BCUT2D eigenvalue weighted by Crippen LogP contribution is 2.43. The number of hydrogen-bond acceptors (Lipinski definition) is 8. The van der Waals surface area contributed by atoms with Crippen LogP contribution in [-0.2, 0) is 19.0 Å². The first-order valence-electron chi connectivity index (χ1n) is 12.6. The van der Waals surface area contributed by atoms with Gasteiger partial charge in [0.05, 0.1) is 6.33 Å². The molecule has 2 saturated heterocycles. The van der Waals surface area contributed by atoms with E-state index in [0.717, 1.165) is 12.8 Å². The SMILES string of the molecule is CCCCCCCCCCCNC(=O)[C@H]1O[C@@H](n2cnc3c(N)ncnc32)[C@@H]2OC(C)(C)O[C@@H]21. The van der Waals surface area contributed by atoms with Crippen molar-refractivity contribution in [2.75, 3.05) is 12.3 Å². The summed E-state index contributed by atoms with van der Waals surface area (Å²) >= 11 is 0. The number of nitrogens with two attached hydrogens (primary N) is 1. The maximum absolute atomic E-state index is 13.0. The van der Waals surface area contributed by atoms with Crippen LogP contribution in [0.1, 0.15) is 84.8 Å². The van der Waals surface area contributed by atoms with E-state index in [1.165, 1.54) is 51.3 Å². The molecule has 34 heavy (non-hydrogen) atoms. The highest BCUT2D eigenvalue weighted by Gasteiger charge is 2.58. The van der Waals surface area contributed by atoms with Crippen LogP contribution in [0.3, 0.4) is 0 Å². The minimum atomic E-state index is -0.822. The molecule has 0 saturated carbocycles. The second-order valence-electron chi connectivity index (χ2n) is 9.71. The Labute approximate surface area is 201 Å². The summed E-state index contributed by atoms with van der Waals surface area (Å²) < 4.78 is 20.1. The van der Waals surface area contributed by atoms with E-state index in [-0.39, 0.29) is 11.7 Å². The van der Waals surface area contributed by atoms with Gasteiger partial charge in [0.1, 0.15) is 24.1 Å². The van der Waals surface area contributed by atoms with Crippen LogP contribution in [0.2, 0.25) is 0 Å². The number of nitrogens with zero attached hydrogens (tertiary/aromatic N) is 4. The largest absolute Gasteiger partial charge is 0.382 e. The minimum absolute atomic E-state index is 0.183. The summed E-state index contributed by atoms with van der Waals surface area (Å²) in [5.74, 6) is -0.716. The first kappa shape index (κ1) is 24.8. The Bertz CT molecular complexity index is 964. The van der Waals surface area contributed by atoms with Crippen molar-refractivity contribution in [1.29, 1.82) is 0 Å². The molecule has 0 aliphatic carbocycles. The average Bonchev–Trinajstić information content (AvgIpc) is 3.46. The van der Waals surface area contributed by atoms with E-state index in [1.807, 2.05) is 13.8 Å². The molecule has 2 fully saturated rings. The number of aromatic nitrogens is 4. The van der Waals surface area contributed by atoms with Crippen LogP contribution >= 0.6 is 0 Å². The molecule has 188 valence electrons. The second-order valence-corrected chi connectivity index (χ2v) is 9.71. The summed E-state index contributed by atoms with van der Waals surface area (Å²) in [7, 11) is 0. The molecule has 4 atom stereocenters. The molecule has 2 aliphatic rings. The predicted molar refractivity (Wildman–Crippen MR) is 128 cm³/mol. The van der Waals surface area contributed by atoms with Crippen LogP contribution in [0.15, 0.2) is 12.7 Å². The van der Waals surface area contributed by atoms with Crippen molar-refractivity contribution in [2.24, 2.45) is 0 Å². The first-order chi connectivity index (χ1) is 16.4. The van der Waals surface area contributed by atoms with Crippen molar-refractivity contribution in [3.05, 3.63) is 12.7 Å². The molecule has 4 rings (SSSR count). The number of hydrogen-bond donors (Lipinski definition) is 2. The molecule has 3 N–H and O–H groups in total. The van der Waals surface area contributed by atoms with Crippen LogP contribution in [0.25, 0.3) is 11.2 Å². The smallest absolute Gasteiger partial charge is 0.252 e. The Kier molecular flexibility index (Phi) is 8.00. The van der Waals surface area contributed by atoms with Crippen molar-refractivity contribution in [3.8, 4) is 0 Å². The van der Waals surface area contributed by atoms with Gasteiger partial charge in [0, 0.05) is 6.54 Å². The van der Waals surface area contributed by atoms with Gasteiger partial charge in [0.25, 0.3) is 5.91 Å². The van der Waals surface area contributed by atoms with Crippen LogP contribution < -0.4 is 11.1 Å². The van der Waals surface area contributed by atoms with Gasteiger partial charge in [-0.1, -0.05) is 58.3 Å². The fraction of sp³-hybridized carbons (Fsp3) is 0.750. The van der Waals surface area contributed by atoms with Gasteiger partial charge >= 0.3 is 0 Å². The summed E-state index contributed by atoms with van der Waals surface area (Å²) in [6.45, 7) is 6.54. The van der Waals surface area contributed by atoms with Crippen LogP contribution in [0.4, 0.5) is 5.82 Å². The standard InChI is InChI=1S/C24H38N6O4/c1-4-5-6-7-8-9-10-11-12-13-26-22(31)18-17-19(34-24(2,3)33-17)23(32-18)30-15-29-16-20(25)27-14-28-21(16)30/h14-15,17-19,23H,4-13H2,1-3H3,(H,26,31)(H2,25,27,28)/t17-,18+,19-,23-/m1/s1. The van der Waals surface area contributed by atoms with Crippen molar-refractivity contribution >= 4 is 22.9 Å². The third-order valence-corrected chi connectivity index (χ3v) is 6.53. The van der Waals surface area contributed by atoms with Crippen LogP contribution in [0, 0.1) is 0 Å². The molecule has 0 spiro atoms. The number of ether oxygens (including phenoxy) is 3. The lowest BCUT2D eigenvalue weighted by molar-refractivity contribution is -0.197. The molecule has 2 aromatic heterocycles. The van der Waals surface area contributed by atoms with Crippen molar-refractivity contribution < 1.29 is 19.0 Å². The van der Waals surface area contributed by atoms with E-state index in [1.54, 1.807) is 10.9 Å². The zero-order chi connectivity index (χ0) is 24.1. The second kappa shape index (κ2) is 11.0. The summed E-state index contributed by atoms with van der Waals surface area (Å²) in [6, 6.07) is 0. The van der Waals surface area contributed by atoms with Crippen LogP contribution in [-0.4, -0.2) is 56.1 Å². The first-order valence-corrected chi connectivity index (χ1v) is 12.6. The van der Waals surface area contributed by atoms with Crippen molar-refractivity contribution in [2.45, 2.75) is 109 Å². The number of carbonyl (C=O) groups excluding carboxylic acids is 1. The summed E-state index contributed by atoms with van der Waals surface area (Å²) in [6.07, 6.45) is 11.7. The van der Waals surface area contributed by atoms with Crippen molar-refractivity contribution in [1.82, 2.24) is 24.8 Å². The molecule has 4 heterocycles. The van der Waals surface area contributed by atoms with Crippen molar-refractivity contribution in [3.63, 3.8) is 0 Å². The summed E-state index contributed by atoms with van der Waals surface area (Å²) in [4.78, 5) is 25.6. The minimum Gasteiger partial charge on any atom is -0.382 e. The lowest BCUT2D eigenvalue weighted by atomic mass is 10.1. The monoisotopic (exact) mass is 474 g/mol. The van der Waals surface area contributed by atoms with E-state index >= 15 is 0 Å². The average molecular weight is 475 g/mol. The van der Waals surface area contributed by atoms with E-state index in [2.05, 4.69) is 27.2 Å². The van der Waals surface area contributed by atoms with Gasteiger partial charge < -0.3 is 25.3 Å². The highest BCUT2D eigenvalue weighted by atomic mass is 16.8. The Morgan fingerprint density at radius 1 is 1.03 bits per heavy atom. The third kappa shape index (κ3) is 5.50. The van der Waals surface area contributed by atoms with Gasteiger partial charge in [-0.15, -0.1) is 0 Å². The van der Waals surface area contributed by atoms with Gasteiger partial charge in [0.15, 0.2) is 29.6 Å². The lowest BCUT2D eigenvalue weighted by Crippen LogP contribution is -2.43. The number of unbranched alkanes of at least 4 members (excludes halogenated alkanes) is 8. The van der Waals surface area contributed by atoms with E-state index in [9.17, 15) is 4.79 Å². The van der Waals surface area contributed by atoms with E-state index < -0.39 is 30.3 Å². The number of nitrogen functional groups attached to an aromatic ring is 1. The molecule has 2 aliphatic heterocycles. The van der Waals surface area contributed by atoms with Gasteiger partial charge in [0.2, 0.25) is 0 Å². The Balaban J connectivity index is 1.31. The molecule has 0 radical (unpaired) electrons. The Hall–Kier alpha value is -2.30. The van der Waals surface area contributed by atoms with Gasteiger partial charge in [-0.2, -0.15) is 0 Å². The van der Waals surface area contributed by atoms with Gasteiger partial charge in [-0.05, 0) is 20.3 Å². The fourth-order valence-corrected chi connectivity index (χ4v) is 4.82. The normalized spacial score (nSPS) is 25.6. The van der Waals surface area contributed by atoms with E-state index in [4.69, 9.17) is 19.9 Å². The molecule has 10 nitrogen and oxygen atoms in total. The zero-order valence-corrected chi connectivity index (χ0v) is 20.5. The third-order valence-electron chi connectivity index (χ3n) is 6.53. The summed E-state index contributed by atoms with van der Waals surface area (Å²) in [5.41, 5.74) is 6.94. The zero-order valence-electron chi connectivity index (χ0n) is 20.5. The quantitative estimate of drug-likeness (QED) is 0.448. The molecular weight excluding hydrogens is 436 g/mol. The van der Waals surface area contributed by atoms with Crippen LogP contribution in [0.5, 0.6) is 0 Å². The Morgan fingerprint density at radius 2 is 1.71 bits per heavy atom. The number of anilines is 1. The number of nitrogens with one attached hydrogen (secondary N) is 1. The number of imidazole rings is 1. The predicted octanol–water partition coefficient (Wildman–Crippen LogP) is 3.47. The van der Waals surface area contributed by atoms with E-state index in [0.29, 0.717) is 17.7 Å². The molecule has 0 bridgehead atoms. The fourth-order valence-electron chi connectivity index (χ4n) is 4.82. The number of fused-ring (bicyclic) bond motifs is 2. The number of amides is 1. The Morgan fingerprint density at radius 3 is 2.44 bits per heavy atom. The molecular formula is C24H38N6O4. The molecule has 1 amide bonds. The molecule has 2 aromatic rings. The molecule has 0 aromatic carbocycles. The molecule has 10 heteroatoms. The maximum Gasteiger partial charge on any atom is 0.252 e. The van der Waals surface area contributed by atoms with Gasteiger partial charge in [-0.25, -0.2) is 15.0 Å². The highest BCUT2D eigenvalue weighted by molar-refractivity contribution is 5.83. The molecule has 0 unspecified atom stereocenters. The topological polar surface area (TPSA) is 126 Å².